The zero-order valence-electron chi connectivity index (χ0n) is 8.87. The highest BCUT2D eigenvalue weighted by molar-refractivity contribution is 7.19. The molecule has 1 atom stereocenters. The summed E-state index contributed by atoms with van der Waals surface area (Å²) < 4.78 is 2.14. The summed E-state index contributed by atoms with van der Waals surface area (Å²) in [6.07, 6.45) is -0.0306. The maximum atomic E-state index is 10.7. The molecule has 1 N–H and O–H groups in total. The van der Waals surface area contributed by atoms with Gasteiger partial charge in [0.2, 0.25) is 0 Å². The molecule has 2 rings (SSSR count). The molecule has 2 aromatic rings. The van der Waals surface area contributed by atoms with Gasteiger partial charge in [0, 0.05) is 0 Å². The minimum Gasteiger partial charge on any atom is -0.481 e. The van der Waals surface area contributed by atoms with E-state index in [2.05, 4.69) is 15.5 Å². The van der Waals surface area contributed by atoms with Crippen LogP contribution in [0.4, 0.5) is 0 Å². The van der Waals surface area contributed by atoms with E-state index in [1.165, 1.54) is 16.0 Å². The lowest BCUT2D eigenvalue weighted by Gasteiger charge is -2.09. The number of hydrogen-bond donors (Lipinski definition) is 1. The number of aliphatic carboxylic acids is 1. The maximum absolute atomic E-state index is 10.7. The SMILES string of the molecule is CC(CC(=O)O)n1nnnc1-c1ccc(Cl)s1. The molecular formula is C9H9ClN4O2S. The molecular weight excluding hydrogens is 264 g/mol. The van der Waals surface area contributed by atoms with Crippen LogP contribution < -0.4 is 0 Å². The van der Waals surface area contributed by atoms with Crippen LogP contribution in [0.5, 0.6) is 0 Å². The fourth-order valence-corrected chi connectivity index (χ4v) is 2.45. The van der Waals surface area contributed by atoms with E-state index in [0.29, 0.717) is 10.2 Å². The molecule has 1 unspecified atom stereocenters. The molecule has 0 aliphatic heterocycles. The molecule has 0 aliphatic carbocycles. The Morgan fingerprint density at radius 2 is 2.41 bits per heavy atom. The molecule has 17 heavy (non-hydrogen) atoms. The summed E-state index contributed by atoms with van der Waals surface area (Å²) in [6, 6.07) is 3.25. The van der Waals surface area contributed by atoms with Crippen molar-refractivity contribution in [3.05, 3.63) is 16.5 Å². The number of carboxylic acids is 1. The van der Waals surface area contributed by atoms with Gasteiger partial charge in [-0.05, 0) is 29.5 Å². The number of hydrogen-bond acceptors (Lipinski definition) is 5. The van der Waals surface area contributed by atoms with Gasteiger partial charge in [0.05, 0.1) is 21.7 Å². The number of nitrogens with zero attached hydrogens (tertiary/aromatic N) is 4. The quantitative estimate of drug-likeness (QED) is 0.922. The van der Waals surface area contributed by atoms with Crippen LogP contribution in [0.25, 0.3) is 10.7 Å². The number of thiophene rings is 1. The van der Waals surface area contributed by atoms with Crippen LogP contribution in [-0.4, -0.2) is 31.3 Å². The van der Waals surface area contributed by atoms with Gasteiger partial charge in [-0.15, -0.1) is 16.4 Å². The summed E-state index contributed by atoms with van der Waals surface area (Å²) in [5.74, 6) is -0.348. The van der Waals surface area contributed by atoms with E-state index in [-0.39, 0.29) is 12.5 Å². The van der Waals surface area contributed by atoms with Gasteiger partial charge in [-0.2, -0.15) is 0 Å². The van der Waals surface area contributed by atoms with Gasteiger partial charge in [0.15, 0.2) is 5.82 Å². The molecule has 8 heteroatoms. The van der Waals surface area contributed by atoms with E-state index in [1.807, 2.05) is 6.07 Å². The van der Waals surface area contributed by atoms with Crippen molar-refractivity contribution in [1.82, 2.24) is 20.2 Å². The zero-order chi connectivity index (χ0) is 12.4. The Hall–Kier alpha value is -1.47. The first-order valence-electron chi connectivity index (χ1n) is 4.83. The molecule has 6 nitrogen and oxygen atoms in total. The topological polar surface area (TPSA) is 80.9 Å². The third-order valence-electron chi connectivity index (χ3n) is 2.17. The van der Waals surface area contributed by atoms with Crippen molar-refractivity contribution in [3.63, 3.8) is 0 Å². The summed E-state index contributed by atoms with van der Waals surface area (Å²) in [6.45, 7) is 1.75. The van der Waals surface area contributed by atoms with Crippen LogP contribution in [0.15, 0.2) is 12.1 Å². The second kappa shape index (κ2) is 4.80. The average molecular weight is 273 g/mol. The molecule has 0 aliphatic rings. The molecule has 0 aromatic carbocycles. The highest BCUT2D eigenvalue weighted by Gasteiger charge is 2.18. The molecule has 0 saturated heterocycles. The Morgan fingerprint density at radius 3 is 3.00 bits per heavy atom. The lowest BCUT2D eigenvalue weighted by atomic mass is 10.2. The second-order valence-electron chi connectivity index (χ2n) is 3.50. The molecule has 0 radical (unpaired) electrons. The fraction of sp³-hybridized carbons (Fsp3) is 0.333. The summed E-state index contributed by atoms with van der Waals surface area (Å²) in [5, 5.41) is 20.0. The first-order valence-corrected chi connectivity index (χ1v) is 6.02. The van der Waals surface area contributed by atoms with Gasteiger partial charge in [0.25, 0.3) is 0 Å². The summed E-state index contributed by atoms with van der Waals surface area (Å²) in [7, 11) is 0. The van der Waals surface area contributed by atoms with E-state index in [0.717, 1.165) is 4.88 Å². The van der Waals surface area contributed by atoms with E-state index in [4.69, 9.17) is 16.7 Å². The van der Waals surface area contributed by atoms with Gasteiger partial charge in [-0.1, -0.05) is 11.6 Å². The van der Waals surface area contributed by atoms with Crippen LogP contribution in [0.1, 0.15) is 19.4 Å². The van der Waals surface area contributed by atoms with Gasteiger partial charge in [-0.3, -0.25) is 4.79 Å². The Labute approximate surface area is 106 Å². The van der Waals surface area contributed by atoms with Crippen LogP contribution in [0, 0.1) is 0 Å². The normalized spacial score (nSPS) is 12.6. The Kier molecular flexibility index (Phi) is 3.39. The van der Waals surface area contributed by atoms with E-state index in [9.17, 15) is 4.79 Å². The third kappa shape index (κ3) is 2.62. The monoisotopic (exact) mass is 272 g/mol. The predicted octanol–water partition coefficient (Wildman–Crippen LogP) is 2.09. The van der Waals surface area contributed by atoms with Crippen molar-refractivity contribution in [1.29, 1.82) is 0 Å². The molecule has 0 spiro atoms. The summed E-state index contributed by atoms with van der Waals surface area (Å²) in [5.41, 5.74) is 0. The molecule has 2 aromatic heterocycles. The molecule has 2 heterocycles. The van der Waals surface area contributed by atoms with Gasteiger partial charge >= 0.3 is 5.97 Å². The minimum absolute atomic E-state index is 0.0306. The maximum Gasteiger partial charge on any atom is 0.305 e. The number of tetrazole rings is 1. The minimum atomic E-state index is -0.886. The molecule has 0 bridgehead atoms. The summed E-state index contributed by atoms with van der Waals surface area (Å²) in [4.78, 5) is 11.5. The Morgan fingerprint density at radius 1 is 1.65 bits per heavy atom. The first kappa shape index (κ1) is 12.0. The van der Waals surface area contributed by atoms with Gasteiger partial charge < -0.3 is 5.11 Å². The number of halogens is 1. The summed E-state index contributed by atoms with van der Waals surface area (Å²) >= 11 is 7.19. The fourth-order valence-electron chi connectivity index (χ4n) is 1.43. The average Bonchev–Trinajstić information content (AvgIpc) is 2.83. The number of carbonyl (C=O) groups is 1. The first-order chi connectivity index (χ1) is 8.08. The largest absolute Gasteiger partial charge is 0.481 e. The Balaban J connectivity index is 2.31. The van der Waals surface area contributed by atoms with Crippen molar-refractivity contribution < 1.29 is 9.90 Å². The molecule has 0 fully saturated rings. The van der Waals surface area contributed by atoms with E-state index in [1.54, 1.807) is 13.0 Å². The van der Waals surface area contributed by atoms with Crippen LogP contribution in [0.3, 0.4) is 0 Å². The molecule has 0 saturated carbocycles. The van der Waals surface area contributed by atoms with Crippen molar-refractivity contribution >= 4 is 28.9 Å². The lowest BCUT2D eigenvalue weighted by Crippen LogP contribution is -2.13. The third-order valence-corrected chi connectivity index (χ3v) is 3.40. The second-order valence-corrected chi connectivity index (χ2v) is 5.21. The number of aromatic nitrogens is 4. The van der Waals surface area contributed by atoms with Gasteiger partial charge in [-0.25, -0.2) is 4.68 Å². The smallest absolute Gasteiger partial charge is 0.305 e. The number of carboxylic acid groups (broad SMARTS) is 1. The van der Waals surface area contributed by atoms with Crippen LogP contribution >= 0.6 is 22.9 Å². The Bertz CT molecular complexity index is 539. The highest BCUT2D eigenvalue weighted by Crippen LogP contribution is 2.30. The molecule has 90 valence electrons. The molecule has 0 amide bonds. The van der Waals surface area contributed by atoms with Crippen LogP contribution in [0.2, 0.25) is 4.34 Å². The highest BCUT2D eigenvalue weighted by atomic mass is 35.5. The lowest BCUT2D eigenvalue weighted by molar-refractivity contribution is -0.137. The van der Waals surface area contributed by atoms with Crippen molar-refractivity contribution in [3.8, 4) is 10.7 Å². The predicted molar refractivity (Wildman–Crippen MR) is 63.1 cm³/mol. The van der Waals surface area contributed by atoms with E-state index >= 15 is 0 Å². The zero-order valence-corrected chi connectivity index (χ0v) is 10.4. The van der Waals surface area contributed by atoms with Crippen molar-refractivity contribution in [2.24, 2.45) is 0 Å². The van der Waals surface area contributed by atoms with E-state index < -0.39 is 5.97 Å². The van der Waals surface area contributed by atoms with Crippen molar-refractivity contribution in [2.45, 2.75) is 19.4 Å². The van der Waals surface area contributed by atoms with Gasteiger partial charge in [0.1, 0.15) is 0 Å². The van der Waals surface area contributed by atoms with Crippen molar-refractivity contribution in [2.75, 3.05) is 0 Å². The number of rotatable bonds is 4. The van der Waals surface area contributed by atoms with Crippen LogP contribution in [-0.2, 0) is 4.79 Å². The standard InChI is InChI=1S/C9H9ClN4O2S/c1-5(4-8(15)16)14-9(11-12-13-14)6-2-3-7(10)17-6/h2-3,5H,4H2,1H3,(H,15,16).